The lowest BCUT2D eigenvalue weighted by Crippen LogP contribution is -2.13. The molecule has 1 fully saturated rings. The normalized spacial score (nSPS) is 19.6. The molecule has 3 rings (SSSR count). The van der Waals surface area contributed by atoms with Crippen molar-refractivity contribution in [2.45, 2.75) is 18.3 Å². The topological polar surface area (TPSA) is 47.9 Å². The third kappa shape index (κ3) is 1.26. The van der Waals surface area contributed by atoms with Gasteiger partial charge in [0, 0.05) is 17.0 Å². The molecule has 0 spiro atoms. The zero-order chi connectivity index (χ0) is 11.2. The van der Waals surface area contributed by atoms with E-state index in [1.807, 2.05) is 12.1 Å². The van der Waals surface area contributed by atoms with Gasteiger partial charge < -0.3 is 19.3 Å². The van der Waals surface area contributed by atoms with Gasteiger partial charge in [-0.25, -0.2) is 0 Å². The minimum Gasteiger partial charge on any atom is -0.496 e. The highest BCUT2D eigenvalue weighted by atomic mass is 16.7. The van der Waals surface area contributed by atoms with Crippen molar-refractivity contribution in [2.75, 3.05) is 20.5 Å². The van der Waals surface area contributed by atoms with Crippen molar-refractivity contribution in [1.82, 2.24) is 0 Å². The first kappa shape index (κ1) is 9.78. The van der Waals surface area contributed by atoms with Crippen molar-refractivity contribution in [3.63, 3.8) is 0 Å². The first-order chi connectivity index (χ1) is 7.79. The number of fused-ring (bicyclic) bond motifs is 1. The fraction of sp³-hybridized carbons (Fsp3) is 0.500. The van der Waals surface area contributed by atoms with E-state index in [0.29, 0.717) is 5.75 Å². The highest BCUT2D eigenvalue weighted by molar-refractivity contribution is 5.55. The molecule has 0 amide bonds. The van der Waals surface area contributed by atoms with Gasteiger partial charge in [0.1, 0.15) is 5.75 Å². The van der Waals surface area contributed by atoms with Crippen LogP contribution in [0.4, 0.5) is 0 Å². The molecule has 16 heavy (non-hydrogen) atoms. The Morgan fingerprint density at radius 2 is 2.00 bits per heavy atom. The third-order valence-electron chi connectivity index (χ3n) is 3.42. The van der Waals surface area contributed by atoms with Gasteiger partial charge in [0.05, 0.1) is 13.7 Å². The molecule has 1 aliphatic carbocycles. The van der Waals surface area contributed by atoms with Crippen molar-refractivity contribution >= 4 is 0 Å². The Bertz CT molecular complexity index is 423. The van der Waals surface area contributed by atoms with Crippen LogP contribution in [0.5, 0.6) is 17.2 Å². The van der Waals surface area contributed by atoms with E-state index in [1.54, 1.807) is 7.11 Å². The van der Waals surface area contributed by atoms with Gasteiger partial charge in [-0.3, -0.25) is 0 Å². The summed E-state index contributed by atoms with van der Waals surface area (Å²) in [6.07, 6.45) is 2.00. The summed E-state index contributed by atoms with van der Waals surface area (Å²) in [5, 5.41) is 9.45. The van der Waals surface area contributed by atoms with Crippen molar-refractivity contribution in [2.24, 2.45) is 0 Å². The van der Waals surface area contributed by atoms with Crippen LogP contribution in [-0.4, -0.2) is 25.6 Å². The maximum Gasteiger partial charge on any atom is 0.231 e. The van der Waals surface area contributed by atoms with E-state index in [2.05, 4.69) is 0 Å². The predicted molar refractivity (Wildman–Crippen MR) is 57.1 cm³/mol. The average molecular weight is 222 g/mol. The highest BCUT2D eigenvalue weighted by Gasteiger charge is 2.46. The lowest BCUT2D eigenvalue weighted by molar-refractivity contribution is 0.173. The van der Waals surface area contributed by atoms with E-state index in [4.69, 9.17) is 14.2 Å². The number of ether oxygens (including phenoxy) is 3. The first-order valence-electron chi connectivity index (χ1n) is 5.38. The van der Waals surface area contributed by atoms with Crippen molar-refractivity contribution in [3.05, 3.63) is 17.7 Å². The van der Waals surface area contributed by atoms with Crippen LogP contribution in [0.2, 0.25) is 0 Å². The number of aliphatic hydroxyl groups is 1. The third-order valence-corrected chi connectivity index (χ3v) is 3.42. The quantitative estimate of drug-likeness (QED) is 0.840. The Labute approximate surface area is 93.7 Å². The second-order valence-electron chi connectivity index (χ2n) is 4.34. The van der Waals surface area contributed by atoms with Crippen molar-refractivity contribution in [1.29, 1.82) is 0 Å². The summed E-state index contributed by atoms with van der Waals surface area (Å²) in [4.78, 5) is 0. The Morgan fingerprint density at radius 1 is 1.31 bits per heavy atom. The Hall–Kier alpha value is -1.42. The van der Waals surface area contributed by atoms with Crippen LogP contribution in [-0.2, 0) is 5.41 Å². The summed E-state index contributed by atoms with van der Waals surface area (Å²) in [7, 11) is 1.63. The van der Waals surface area contributed by atoms with Crippen LogP contribution in [0, 0.1) is 0 Å². The minimum atomic E-state index is -0.119. The largest absolute Gasteiger partial charge is 0.496 e. The van der Waals surface area contributed by atoms with Crippen LogP contribution < -0.4 is 14.2 Å². The molecule has 0 bridgehead atoms. The summed E-state index contributed by atoms with van der Waals surface area (Å²) in [5.74, 6) is 2.24. The summed E-state index contributed by atoms with van der Waals surface area (Å²) in [5.41, 5.74) is 0.911. The minimum absolute atomic E-state index is 0.119. The first-order valence-corrected chi connectivity index (χ1v) is 5.38. The van der Waals surface area contributed by atoms with E-state index in [-0.39, 0.29) is 18.8 Å². The van der Waals surface area contributed by atoms with E-state index in [1.165, 1.54) is 0 Å². The number of benzene rings is 1. The molecular weight excluding hydrogens is 208 g/mol. The number of aliphatic hydroxyl groups excluding tert-OH is 1. The number of hydrogen-bond donors (Lipinski definition) is 1. The lowest BCUT2D eigenvalue weighted by Gasteiger charge is -2.16. The molecule has 0 radical (unpaired) electrons. The molecule has 1 aliphatic heterocycles. The monoisotopic (exact) mass is 222 g/mol. The molecule has 0 saturated heterocycles. The molecule has 86 valence electrons. The van der Waals surface area contributed by atoms with E-state index in [0.717, 1.165) is 29.9 Å². The maximum atomic E-state index is 9.45. The molecule has 4 heteroatoms. The van der Waals surface area contributed by atoms with Gasteiger partial charge in [0.2, 0.25) is 6.79 Å². The molecule has 1 heterocycles. The van der Waals surface area contributed by atoms with Gasteiger partial charge in [-0.05, 0) is 18.9 Å². The second kappa shape index (κ2) is 3.28. The Morgan fingerprint density at radius 3 is 2.56 bits per heavy atom. The van der Waals surface area contributed by atoms with E-state index in [9.17, 15) is 5.11 Å². The molecule has 1 N–H and O–H groups in total. The van der Waals surface area contributed by atoms with Crippen LogP contribution in [0.15, 0.2) is 12.1 Å². The van der Waals surface area contributed by atoms with Gasteiger partial charge in [0.15, 0.2) is 11.5 Å². The van der Waals surface area contributed by atoms with Gasteiger partial charge in [-0.15, -0.1) is 0 Å². The van der Waals surface area contributed by atoms with Crippen LogP contribution in [0.1, 0.15) is 18.4 Å². The summed E-state index contributed by atoms with van der Waals surface area (Å²) >= 11 is 0. The molecule has 0 atom stereocenters. The standard InChI is InChI=1S/C12H14O4/c1-14-9-5-11-10(15-7-16-11)4-8(9)12(6-13)2-3-12/h4-5,13H,2-3,6-7H2,1H3. The molecule has 2 aliphatic rings. The van der Waals surface area contributed by atoms with Crippen LogP contribution in [0.25, 0.3) is 0 Å². The summed E-state index contributed by atoms with van der Waals surface area (Å²) in [6, 6.07) is 3.78. The van der Waals surface area contributed by atoms with Crippen LogP contribution >= 0.6 is 0 Å². The van der Waals surface area contributed by atoms with E-state index < -0.39 is 0 Å². The van der Waals surface area contributed by atoms with Crippen LogP contribution in [0.3, 0.4) is 0 Å². The number of methoxy groups -OCH3 is 1. The SMILES string of the molecule is COc1cc2c(cc1C1(CO)CC1)OCO2. The zero-order valence-corrected chi connectivity index (χ0v) is 9.16. The van der Waals surface area contributed by atoms with E-state index >= 15 is 0 Å². The van der Waals surface area contributed by atoms with Crippen molar-refractivity contribution < 1.29 is 19.3 Å². The van der Waals surface area contributed by atoms with Crippen molar-refractivity contribution in [3.8, 4) is 17.2 Å². The fourth-order valence-electron chi connectivity index (χ4n) is 2.17. The molecular formula is C12H14O4. The molecule has 4 nitrogen and oxygen atoms in total. The number of rotatable bonds is 3. The molecule has 1 aromatic rings. The zero-order valence-electron chi connectivity index (χ0n) is 9.16. The maximum absolute atomic E-state index is 9.45. The molecule has 1 aromatic carbocycles. The average Bonchev–Trinajstić information content (AvgIpc) is 2.99. The van der Waals surface area contributed by atoms with Gasteiger partial charge >= 0.3 is 0 Å². The number of hydrogen-bond acceptors (Lipinski definition) is 4. The van der Waals surface area contributed by atoms with Gasteiger partial charge in [0.25, 0.3) is 0 Å². The summed E-state index contributed by atoms with van der Waals surface area (Å²) < 4.78 is 16.0. The van der Waals surface area contributed by atoms with Gasteiger partial charge in [-0.1, -0.05) is 0 Å². The highest BCUT2D eigenvalue weighted by Crippen LogP contribution is 2.53. The Balaban J connectivity index is 2.09. The molecule has 0 unspecified atom stereocenters. The molecule has 1 saturated carbocycles. The second-order valence-corrected chi connectivity index (χ2v) is 4.34. The lowest BCUT2D eigenvalue weighted by atomic mass is 9.95. The summed E-state index contributed by atoms with van der Waals surface area (Å²) in [6.45, 7) is 0.414. The fourth-order valence-corrected chi connectivity index (χ4v) is 2.17. The van der Waals surface area contributed by atoms with Gasteiger partial charge in [-0.2, -0.15) is 0 Å². The molecule has 0 aromatic heterocycles. The Kier molecular flexibility index (Phi) is 2.01. The smallest absolute Gasteiger partial charge is 0.231 e. The predicted octanol–water partition coefficient (Wildman–Crippen LogP) is 1.45.